The van der Waals surface area contributed by atoms with Gasteiger partial charge in [0.2, 0.25) is 0 Å². The van der Waals surface area contributed by atoms with Crippen molar-refractivity contribution >= 4 is 12.0 Å². The van der Waals surface area contributed by atoms with E-state index in [4.69, 9.17) is 5.11 Å². The largest absolute Gasteiger partial charge is 0.480 e. The minimum atomic E-state index is -0.795. The Kier molecular flexibility index (Phi) is 6.72. The van der Waals surface area contributed by atoms with Gasteiger partial charge in [0.1, 0.15) is 0 Å². The molecule has 148 valence electrons. The number of likely N-dealkylation sites (N-methyl/N-ethyl adjacent to an activating group) is 1. The van der Waals surface area contributed by atoms with Crippen molar-refractivity contribution in [1.82, 2.24) is 15.5 Å². The number of rotatable bonds is 7. The van der Waals surface area contributed by atoms with Crippen LogP contribution in [0.15, 0.2) is 30.3 Å². The fourth-order valence-electron chi connectivity index (χ4n) is 4.44. The van der Waals surface area contributed by atoms with E-state index in [0.29, 0.717) is 5.92 Å². The molecule has 1 aromatic carbocycles. The van der Waals surface area contributed by atoms with Crippen LogP contribution in [0, 0.1) is 0 Å². The lowest BCUT2D eigenvalue weighted by molar-refractivity contribution is -0.139. The van der Waals surface area contributed by atoms with Crippen LogP contribution in [0.2, 0.25) is 0 Å². The van der Waals surface area contributed by atoms with Gasteiger partial charge in [-0.15, -0.1) is 0 Å². The molecule has 6 nitrogen and oxygen atoms in total. The molecular formula is C21H31N3O3. The second-order valence-corrected chi connectivity index (χ2v) is 7.87. The molecule has 2 aliphatic rings. The number of hydrogen-bond acceptors (Lipinski definition) is 3. The van der Waals surface area contributed by atoms with Gasteiger partial charge in [0.15, 0.2) is 0 Å². The number of amides is 2. The minimum absolute atomic E-state index is 0.0725. The Bertz CT molecular complexity index is 631. The molecule has 0 heterocycles. The lowest BCUT2D eigenvalue weighted by Crippen LogP contribution is -2.57. The summed E-state index contributed by atoms with van der Waals surface area (Å²) in [5, 5.41) is 15.2. The number of carbonyl (C=O) groups is 2. The van der Waals surface area contributed by atoms with E-state index in [0.717, 1.165) is 38.6 Å². The van der Waals surface area contributed by atoms with Gasteiger partial charge < -0.3 is 15.7 Å². The number of carboxylic acid groups (broad SMARTS) is 1. The van der Waals surface area contributed by atoms with Gasteiger partial charge in [-0.2, -0.15) is 0 Å². The van der Waals surface area contributed by atoms with Gasteiger partial charge in [0.25, 0.3) is 0 Å². The van der Waals surface area contributed by atoms with Gasteiger partial charge in [0.05, 0.1) is 6.54 Å². The van der Waals surface area contributed by atoms with Crippen LogP contribution in [-0.4, -0.2) is 53.2 Å². The Balaban J connectivity index is 1.40. The van der Waals surface area contributed by atoms with Gasteiger partial charge in [-0.05, 0) is 50.1 Å². The van der Waals surface area contributed by atoms with Crippen molar-refractivity contribution in [3.05, 3.63) is 35.9 Å². The maximum atomic E-state index is 12.4. The molecule has 2 saturated carbocycles. The van der Waals surface area contributed by atoms with Crippen LogP contribution in [0.4, 0.5) is 4.79 Å². The number of benzene rings is 1. The quantitative estimate of drug-likeness (QED) is 0.686. The lowest BCUT2D eigenvalue weighted by Gasteiger charge is -2.42. The van der Waals surface area contributed by atoms with E-state index >= 15 is 0 Å². The Labute approximate surface area is 161 Å². The molecule has 0 aromatic heterocycles. The second-order valence-electron chi connectivity index (χ2n) is 7.87. The molecule has 2 unspecified atom stereocenters. The van der Waals surface area contributed by atoms with Gasteiger partial charge in [-0.1, -0.05) is 43.7 Å². The van der Waals surface area contributed by atoms with E-state index in [1.165, 1.54) is 12.0 Å². The van der Waals surface area contributed by atoms with E-state index in [-0.39, 0.29) is 30.7 Å². The zero-order chi connectivity index (χ0) is 19.2. The minimum Gasteiger partial charge on any atom is -0.480 e. The van der Waals surface area contributed by atoms with Gasteiger partial charge in [0, 0.05) is 18.1 Å². The summed E-state index contributed by atoms with van der Waals surface area (Å²) < 4.78 is 0. The third kappa shape index (κ3) is 5.45. The van der Waals surface area contributed by atoms with Crippen LogP contribution in [0.3, 0.4) is 0 Å². The highest BCUT2D eigenvalue weighted by molar-refractivity contribution is 5.74. The molecule has 0 spiro atoms. The van der Waals surface area contributed by atoms with E-state index in [1.54, 1.807) is 0 Å². The Morgan fingerprint density at radius 3 is 2.44 bits per heavy atom. The Morgan fingerprint density at radius 1 is 1.07 bits per heavy atom. The van der Waals surface area contributed by atoms with Crippen molar-refractivity contribution in [2.45, 2.75) is 69.5 Å². The molecule has 0 bridgehead atoms. The molecule has 0 aliphatic heterocycles. The molecule has 3 rings (SSSR count). The van der Waals surface area contributed by atoms with E-state index in [9.17, 15) is 9.59 Å². The lowest BCUT2D eigenvalue weighted by atomic mass is 9.81. The summed E-state index contributed by atoms with van der Waals surface area (Å²) in [5.74, 6) is -0.274. The highest BCUT2D eigenvalue weighted by Crippen LogP contribution is 2.32. The number of nitrogens with zero attached hydrogens (tertiary/aromatic N) is 1. The highest BCUT2D eigenvalue weighted by atomic mass is 16.4. The summed E-state index contributed by atoms with van der Waals surface area (Å²) in [6, 6.07) is 11.1. The number of aliphatic carboxylic acids is 1. The molecule has 27 heavy (non-hydrogen) atoms. The Morgan fingerprint density at radius 2 is 1.78 bits per heavy atom. The molecule has 2 atom stereocenters. The van der Waals surface area contributed by atoms with Gasteiger partial charge >= 0.3 is 12.0 Å². The van der Waals surface area contributed by atoms with Crippen molar-refractivity contribution in [1.29, 1.82) is 0 Å². The van der Waals surface area contributed by atoms with Crippen LogP contribution in [-0.2, 0) is 4.79 Å². The average molecular weight is 373 g/mol. The molecule has 1 aromatic rings. The molecule has 2 aliphatic carbocycles. The number of carbonyl (C=O) groups excluding carboxylic acids is 1. The predicted molar refractivity (Wildman–Crippen MR) is 105 cm³/mol. The number of hydrogen-bond donors (Lipinski definition) is 3. The number of urea groups is 1. The van der Waals surface area contributed by atoms with E-state index < -0.39 is 5.97 Å². The van der Waals surface area contributed by atoms with Crippen LogP contribution in [0.1, 0.15) is 56.9 Å². The van der Waals surface area contributed by atoms with Crippen molar-refractivity contribution in [3.63, 3.8) is 0 Å². The molecule has 2 amide bonds. The number of nitrogens with one attached hydrogen (secondary N) is 2. The standard InChI is InChI=1S/C21H31N3O3/c1-2-24(14-20(25)26)19-12-18(13-19)23-21(27)22-17-10-6-9-16(11-17)15-7-4-3-5-8-15/h3-5,7-8,16-19H,2,6,9-14H2,1H3,(H,25,26)(H2,22,23,27). The SMILES string of the molecule is CCN(CC(=O)O)C1CC(NC(=O)NC2CCCC(c3ccccc3)C2)C1. The van der Waals surface area contributed by atoms with Crippen LogP contribution < -0.4 is 10.6 Å². The summed E-state index contributed by atoms with van der Waals surface area (Å²) in [6.07, 6.45) is 6.00. The Hall–Kier alpha value is -2.08. The summed E-state index contributed by atoms with van der Waals surface area (Å²) in [4.78, 5) is 25.2. The molecule has 0 saturated heterocycles. The summed E-state index contributed by atoms with van der Waals surface area (Å²) >= 11 is 0. The van der Waals surface area contributed by atoms with Crippen molar-refractivity contribution in [2.75, 3.05) is 13.1 Å². The summed E-state index contributed by atoms with van der Waals surface area (Å²) in [7, 11) is 0. The summed E-state index contributed by atoms with van der Waals surface area (Å²) in [5.41, 5.74) is 1.37. The predicted octanol–water partition coefficient (Wildman–Crippen LogP) is 2.95. The molecule has 3 N–H and O–H groups in total. The fourth-order valence-corrected chi connectivity index (χ4v) is 4.44. The van der Waals surface area contributed by atoms with Gasteiger partial charge in [-0.3, -0.25) is 9.69 Å². The summed E-state index contributed by atoms with van der Waals surface area (Å²) in [6.45, 7) is 2.77. The monoisotopic (exact) mass is 373 g/mol. The zero-order valence-electron chi connectivity index (χ0n) is 16.1. The molecule has 0 radical (unpaired) electrons. The highest BCUT2D eigenvalue weighted by Gasteiger charge is 2.35. The normalized spacial score (nSPS) is 27.6. The van der Waals surface area contributed by atoms with E-state index in [1.807, 2.05) is 17.9 Å². The first kappa shape index (κ1) is 19.7. The first-order valence-electron chi connectivity index (χ1n) is 10.1. The third-order valence-electron chi connectivity index (χ3n) is 5.99. The van der Waals surface area contributed by atoms with Crippen LogP contribution >= 0.6 is 0 Å². The van der Waals surface area contributed by atoms with Crippen molar-refractivity contribution in [2.24, 2.45) is 0 Å². The maximum Gasteiger partial charge on any atom is 0.317 e. The fraction of sp³-hybridized carbons (Fsp3) is 0.619. The van der Waals surface area contributed by atoms with Gasteiger partial charge in [-0.25, -0.2) is 4.79 Å². The first-order valence-corrected chi connectivity index (χ1v) is 10.1. The number of carboxylic acids is 1. The zero-order valence-corrected chi connectivity index (χ0v) is 16.1. The van der Waals surface area contributed by atoms with Crippen LogP contribution in [0.5, 0.6) is 0 Å². The topological polar surface area (TPSA) is 81.7 Å². The smallest absolute Gasteiger partial charge is 0.317 e. The first-order chi connectivity index (χ1) is 13.0. The molecule has 2 fully saturated rings. The maximum absolute atomic E-state index is 12.4. The average Bonchev–Trinajstić information content (AvgIpc) is 2.63. The second kappa shape index (κ2) is 9.22. The van der Waals surface area contributed by atoms with Crippen molar-refractivity contribution < 1.29 is 14.7 Å². The molecule has 6 heteroatoms. The van der Waals surface area contributed by atoms with Crippen molar-refractivity contribution in [3.8, 4) is 0 Å². The third-order valence-corrected chi connectivity index (χ3v) is 5.99. The molecular weight excluding hydrogens is 342 g/mol. The van der Waals surface area contributed by atoms with E-state index in [2.05, 4.69) is 34.9 Å². The van der Waals surface area contributed by atoms with Crippen LogP contribution in [0.25, 0.3) is 0 Å².